The Morgan fingerprint density at radius 1 is 1.60 bits per heavy atom. The summed E-state index contributed by atoms with van der Waals surface area (Å²) in [5.74, 6) is -0.638. The summed E-state index contributed by atoms with van der Waals surface area (Å²) in [6.07, 6.45) is 0.468. The normalized spacial score (nSPS) is 9.13. The molecular weight excluding hydrogens is 262 g/mol. The molecule has 1 aromatic carbocycles. The molecule has 0 amide bonds. The number of methoxy groups -OCH3 is 1. The highest BCUT2D eigenvalue weighted by molar-refractivity contribution is 9.10. The molecule has 0 N–H and O–H groups in total. The van der Waals surface area contributed by atoms with Gasteiger partial charge in [-0.1, -0.05) is 0 Å². The number of nitriles is 1. The molecule has 0 aromatic heterocycles. The third kappa shape index (κ3) is 2.05. The Bertz CT molecular complexity index is 462. The molecule has 15 heavy (non-hydrogen) atoms. The number of halogens is 1. The highest BCUT2D eigenvalue weighted by atomic mass is 79.9. The lowest BCUT2D eigenvalue weighted by Crippen LogP contribution is -2.07. The molecular formula is C10H6BrNO3. The number of benzene rings is 1. The predicted molar refractivity (Wildman–Crippen MR) is 55.6 cm³/mol. The van der Waals surface area contributed by atoms with Crippen LogP contribution in [0, 0.1) is 11.3 Å². The van der Waals surface area contributed by atoms with Crippen LogP contribution in [-0.2, 0) is 4.74 Å². The van der Waals surface area contributed by atoms with Crippen molar-refractivity contribution in [3.63, 3.8) is 0 Å². The molecule has 0 aliphatic rings. The lowest BCUT2D eigenvalue weighted by Gasteiger charge is -2.05. The lowest BCUT2D eigenvalue weighted by molar-refractivity contribution is 0.0598. The van der Waals surface area contributed by atoms with Gasteiger partial charge in [-0.2, -0.15) is 5.26 Å². The zero-order chi connectivity index (χ0) is 11.4. The molecule has 0 saturated carbocycles. The van der Waals surface area contributed by atoms with Gasteiger partial charge in [-0.05, 0) is 28.1 Å². The van der Waals surface area contributed by atoms with E-state index in [1.807, 2.05) is 6.07 Å². The summed E-state index contributed by atoms with van der Waals surface area (Å²) in [7, 11) is 1.21. The first kappa shape index (κ1) is 11.4. The minimum absolute atomic E-state index is 0.0405. The van der Waals surface area contributed by atoms with Gasteiger partial charge in [-0.25, -0.2) is 4.79 Å². The van der Waals surface area contributed by atoms with E-state index >= 15 is 0 Å². The number of rotatable bonds is 2. The Hall–Kier alpha value is -1.67. The Kier molecular flexibility index (Phi) is 3.58. The van der Waals surface area contributed by atoms with Crippen molar-refractivity contribution < 1.29 is 14.3 Å². The first-order valence-corrected chi connectivity index (χ1v) is 4.71. The molecule has 0 atom stereocenters. The van der Waals surface area contributed by atoms with Gasteiger partial charge in [-0.15, -0.1) is 0 Å². The Morgan fingerprint density at radius 3 is 2.73 bits per heavy atom. The van der Waals surface area contributed by atoms with Gasteiger partial charge in [0.25, 0.3) is 0 Å². The van der Waals surface area contributed by atoms with E-state index in [0.717, 1.165) is 0 Å². The summed E-state index contributed by atoms with van der Waals surface area (Å²) in [5, 5.41) is 8.82. The van der Waals surface area contributed by atoms with Crippen molar-refractivity contribution in [2.75, 3.05) is 7.11 Å². The Morgan fingerprint density at radius 2 is 2.27 bits per heavy atom. The third-order valence-corrected chi connectivity index (χ3v) is 2.49. The van der Waals surface area contributed by atoms with Crippen molar-refractivity contribution >= 4 is 28.2 Å². The Labute approximate surface area is 94.6 Å². The SMILES string of the molecule is COC(=O)c1ccc(Br)c(C#N)c1C=O. The molecule has 4 nitrogen and oxygen atoms in total. The van der Waals surface area contributed by atoms with Crippen LogP contribution in [0.1, 0.15) is 26.3 Å². The number of aldehydes is 1. The minimum atomic E-state index is -0.638. The van der Waals surface area contributed by atoms with Crippen LogP contribution in [0.25, 0.3) is 0 Å². The molecule has 0 aliphatic carbocycles. The lowest BCUT2D eigenvalue weighted by atomic mass is 10.0. The summed E-state index contributed by atoms with van der Waals surface area (Å²) in [5.41, 5.74) is 0.263. The smallest absolute Gasteiger partial charge is 0.338 e. The van der Waals surface area contributed by atoms with E-state index in [9.17, 15) is 9.59 Å². The maximum atomic E-state index is 11.3. The number of carbonyl (C=O) groups is 2. The molecule has 0 heterocycles. The topological polar surface area (TPSA) is 67.2 Å². The number of hydrogen-bond acceptors (Lipinski definition) is 4. The maximum absolute atomic E-state index is 11.3. The van der Waals surface area contributed by atoms with E-state index in [1.165, 1.54) is 19.2 Å². The fraction of sp³-hybridized carbons (Fsp3) is 0.100. The average molecular weight is 268 g/mol. The van der Waals surface area contributed by atoms with Gasteiger partial charge in [0.1, 0.15) is 6.07 Å². The van der Waals surface area contributed by atoms with Gasteiger partial charge in [-0.3, -0.25) is 4.79 Å². The van der Waals surface area contributed by atoms with Gasteiger partial charge in [0, 0.05) is 10.0 Å². The summed E-state index contributed by atoms with van der Waals surface area (Å²) in [6.45, 7) is 0. The number of esters is 1. The summed E-state index contributed by atoms with van der Waals surface area (Å²) in [4.78, 5) is 22.1. The van der Waals surface area contributed by atoms with Crippen LogP contribution in [0.2, 0.25) is 0 Å². The molecule has 0 spiro atoms. The van der Waals surface area contributed by atoms with Crippen LogP contribution in [0.15, 0.2) is 16.6 Å². The number of ether oxygens (including phenoxy) is 1. The van der Waals surface area contributed by atoms with Crippen molar-refractivity contribution in [1.29, 1.82) is 5.26 Å². The fourth-order valence-corrected chi connectivity index (χ4v) is 1.55. The van der Waals surface area contributed by atoms with E-state index in [1.54, 1.807) is 0 Å². The molecule has 5 heteroatoms. The van der Waals surface area contributed by atoms with Crippen LogP contribution < -0.4 is 0 Å². The molecule has 0 unspecified atom stereocenters. The molecule has 0 fully saturated rings. The van der Waals surface area contributed by atoms with Crippen LogP contribution >= 0.6 is 15.9 Å². The second-order valence-corrected chi connectivity index (χ2v) is 3.46. The van der Waals surface area contributed by atoms with Gasteiger partial charge in [0.2, 0.25) is 0 Å². The van der Waals surface area contributed by atoms with Crippen LogP contribution in [0.3, 0.4) is 0 Å². The van der Waals surface area contributed by atoms with E-state index in [-0.39, 0.29) is 16.7 Å². The molecule has 0 aliphatic heterocycles. The zero-order valence-electron chi connectivity index (χ0n) is 7.78. The quantitative estimate of drug-likeness (QED) is 0.607. The van der Waals surface area contributed by atoms with E-state index in [4.69, 9.17) is 5.26 Å². The number of hydrogen-bond donors (Lipinski definition) is 0. The molecule has 1 aromatic rings. The third-order valence-electron chi connectivity index (χ3n) is 1.83. The zero-order valence-corrected chi connectivity index (χ0v) is 9.37. The predicted octanol–water partition coefficient (Wildman–Crippen LogP) is 1.92. The van der Waals surface area contributed by atoms with Gasteiger partial charge in [0.15, 0.2) is 6.29 Å². The molecule has 76 valence electrons. The van der Waals surface area contributed by atoms with Crippen LogP contribution in [-0.4, -0.2) is 19.4 Å². The maximum Gasteiger partial charge on any atom is 0.338 e. The number of carbonyl (C=O) groups excluding carboxylic acids is 2. The van der Waals surface area contributed by atoms with Crippen LogP contribution in [0.5, 0.6) is 0 Å². The van der Waals surface area contributed by atoms with Gasteiger partial charge in [0.05, 0.1) is 18.2 Å². The first-order chi connectivity index (χ1) is 7.15. The monoisotopic (exact) mass is 267 g/mol. The first-order valence-electron chi connectivity index (χ1n) is 3.91. The van der Waals surface area contributed by atoms with E-state index in [0.29, 0.717) is 10.8 Å². The molecule has 1 rings (SSSR count). The largest absolute Gasteiger partial charge is 0.465 e. The summed E-state index contributed by atoms with van der Waals surface area (Å²) < 4.78 is 4.97. The van der Waals surface area contributed by atoms with Crippen LogP contribution in [0.4, 0.5) is 0 Å². The minimum Gasteiger partial charge on any atom is -0.465 e. The highest BCUT2D eigenvalue weighted by Crippen LogP contribution is 2.22. The standard InChI is InChI=1S/C10H6BrNO3/c1-15-10(14)6-2-3-9(11)7(4-12)8(6)5-13/h2-3,5H,1H3. The highest BCUT2D eigenvalue weighted by Gasteiger charge is 2.16. The van der Waals surface area contributed by atoms with Crippen molar-refractivity contribution in [3.8, 4) is 6.07 Å². The second-order valence-electron chi connectivity index (χ2n) is 2.60. The second kappa shape index (κ2) is 4.71. The summed E-state index contributed by atoms with van der Waals surface area (Å²) in [6, 6.07) is 4.80. The van der Waals surface area contributed by atoms with Gasteiger partial charge >= 0.3 is 5.97 Å². The Balaban J connectivity index is 3.50. The molecule has 0 radical (unpaired) electrons. The van der Waals surface area contributed by atoms with Crippen molar-refractivity contribution in [3.05, 3.63) is 33.3 Å². The fourth-order valence-electron chi connectivity index (χ4n) is 1.12. The van der Waals surface area contributed by atoms with E-state index < -0.39 is 5.97 Å². The summed E-state index contributed by atoms with van der Waals surface area (Å²) >= 11 is 3.12. The molecule has 0 saturated heterocycles. The van der Waals surface area contributed by atoms with E-state index in [2.05, 4.69) is 20.7 Å². The van der Waals surface area contributed by atoms with Crippen molar-refractivity contribution in [2.45, 2.75) is 0 Å². The molecule has 0 bridgehead atoms. The van der Waals surface area contributed by atoms with Gasteiger partial charge < -0.3 is 4.74 Å². The van der Waals surface area contributed by atoms with Crippen molar-refractivity contribution in [1.82, 2.24) is 0 Å². The average Bonchev–Trinajstić information content (AvgIpc) is 2.27. The number of nitrogens with zero attached hydrogens (tertiary/aromatic N) is 1. The van der Waals surface area contributed by atoms with Crippen molar-refractivity contribution in [2.24, 2.45) is 0 Å².